The van der Waals surface area contributed by atoms with Crippen molar-refractivity contribution in [2.75, 3.05) is 31.1 Å². The highest BCUT2D eigenvalue weighted by molar-refractivity contribution is 5.85. The van der Waals surface area contributed by atoms with Crippen molar-refractivity contribution >= 4 is 36.4 Å². The van der Waals surface area contributed by atoms with Gasteiger partial charge in [-0.1, -0.05) is 19.1 Å². The van der Waals surface area contributed by atoms with Crippen LogP contribution in [0.5, 0.6) is 0 Å². The fourth-order valence-corrected chi connectivity index (χ4v) is 2.29. The predicted molar refractivity (Wildman–Crippen MR) is 88.0 cm³/mol. The van der Waals surface area contributed by atoms with Gasteiger partial charge in [0.25, 0.3) is 0 Å². The van der Waals surface area contributed by atoms with Crippen molar-refractivity contribution in [1.82, 2.24) is 4.90 Å². The minimum absolute atomic E-state index is 0. The second-order valence-corrected chi connectivity index (χ2v) is 4.78. The van der Waals surface area contributed by atoms with Crippen LogP contribution in [-0.4, -0.2) is 43.0 Å². The van der Waals surface area contributed by atoms with Crippen molar-refractivity contribution in [2.45, 2.75) is 19.4 Å². The summed E-state index contributed by atoms with van der Waals surface area (Å²) in [5.74, 6) is -0.219. The topological polar surface area (TPSA) is 49.6 Å². The summed E-state index contributed by atoms with van der Waals surface area (Å²) in [6, 6.07) is 6.31. The van der Waals surface area contributed by atoms with E-state index in [0.717, 1.165) is 0 Å². The molecule has 1 atom stereocenters. The SMILES string of the molecule is CC[C@H](N)C(=O)N1CCN(c2ccccc2F)CC1.Cl.Cl. The molecule has 120 valence electrons. The fraction of sp³-hybridized carbons (Fsp3) is 0.500. The predicted octanol–water partition coefficient (Wildman–Crippen LogP) is 2.06. The molecule has 4 nitrogen and oxygen atoms in total. The van der Waals surface area contributed by atoms with E-state index in [2.05, 4.69) is 0 Å². The van der Waals surface area contributed by atoms with Crippen molar-refractivity contribution in [1.29, 1.82) is 0 Å². The molecule has 1 aliphatic rings. The maximum Gasteiger partial charge on any atom is 0.239 e. The van der Waals surface area contributed by atoms with Gasteiger partial charge < -0.3 is 15.5 Å². The van der Waals surface area contributed by atoms with E-state index in [1.54, 1.807) is 17.0 Å². The molecule has 1 fully saturated rings. The van der Waals surface area contributed by atoms with Crippen LogP contribution in [0.3, 0.4) is 0 Å². The number of rotatable bonds is 3. The summed E-state index contributed by atoms with van der Waals surface area (Å²) in [5.41, 5.74) is 6.36. The molecule has 2 rings (SSSR count). The molecule has 0 bridgehead atoms. The molecule has 1 heterocycles. The van der Waals surface area contributed by atoms with Gasteiger partial charge in [-0.15, -0.1) is 24.8 Å². The van der Waals surface area contributed by atoms with Crippen LogP contribution in [0.4, 0.5) is 10.1 Å². The van der Waals surface area contributed by atoms with E-state index in [4.69, 9.17) is 5.73 Å². The highest BCUT2D eigenvalue weighted by atomic mass is 35.5. The number of piperazine rings is 1. The van der Waals surface area contributed by atoms with Crippen molar-refractivity contribution in [3.8, 4) is 0 Å². The first-order chi connectivity index (χ1) is 9.13. The van der Waals surface area contributed by atoms with E-state index in [-0.39, 0.29) is 36.5 Å². The summed E-state index contributed by atoms with van der Waals surface area (Å²) in [6.07, 6.45) is 0.645. The lowest BCUT2D eigenvalue weighted by Gasteiger charge is -2.37. The molecular formula is C14H22Cl2FN3O. The molecule has 2 N–H and O–H groups in total. The van der Waals surface area contributed by atoms with E-state index in [1.165, 1.54) is 6.07 Å². The van der Waals surface area contributed by atoms with Crippen LogP contribution < -0.4 is 10.6 Å². The number of hydrogen-bond acceptors (Lipinski definition) is 3. The lowest BCUT2D eigenvalue weighted by Crippen LogP contribution is -2.53. The molecule has 1 aromatic carbocycles. The Morgan fingerprint density at radius 2 is 1.81 bits per heavy atom. The molecule has 0 aromatic heterocycles. The standard InChI is InChI=1S/C14H20FN3O.2ClH/c1-2-12(16)14(19)18-9-7-17(8-10-18)13-6-4-3-5-11(13)15;;/h3-6,12H,2,7-10,16H2,1H3;2*1H/t12-;;/m0../s1. The van der Waals surface area contributed by atoms with Crippen molar-refractivity contribution < 1.29 is 9.18 Å². The first-order valence-electron chi connectivity index (χ1n) is 6.67. The lowest BCUT2D eigenvalue weighted by molar-refractivity contribution is -0.132. The van der Waals surface area contributed by atoms with Crippen LogP contribution in [0.2, 0.25) is 0 Å². The maximum absolute atomic E-state index is 13.7. The number of halogens is 3. The smallest absolute Gasteiger partial charge is 0.239 e. The monoisotopic (exact) mass is 337 g/mol. The summed E-state index contributed by atoms with van der Waals surface area (Å²) in [5, 5.41) is 0. The Kier molecular flexibility index (Phi) is 8.63. The van der Waals surface area contributed by atoms with Crippen LogP contribution in [0.1, 0.15) is 13.3 Å². The summed E-state index contributed by atoms with van der Waals surface area (Å²) in [4.78, 5) is 15.7. The van der Waals surface area contributed by atoms with Gasteiger partial charge in [0.1, 0.15) is 5.82 Å². The van der Waals surface area contributed by atoms with Crippen molar-refractivity contribution in [2.24, 2.45) is 5.73 Å². The number of hydrogen-bond donors (Lipinski definition) is 1. The number of carbonyl (C=O) groups excluding carboxylic acids is 1. The van der Waals surface area contributed by atoms with Crippen LogP contribution >= 0.6 is 24.8 Å². The van der Waals surface area contributed by atoms with Gasteiger partial charge in [-0.05, 0) is 18.6 Å². The molecule has 1 aromatic rings. The van der Waals surface area contributed by atoms with Gasteiger partial charge >= 0.3 is 0 Å². The molecule has 0 aliphatic carbocycles. The van der Waals surface area contributed by atoms with Gasteiger partial charge in [0.05, 0.1) is 11.7 Å². The molecule has 1 aliphatic heterocycles. The van der Waals surface area contributed by atoms with Crippen molar-refractivity contribution in [3.63, 3.8) is 0 Å². The number of carbonyl (C=O) groups is 1. The Morgan fingerprint density at radius 1 is 1.24 bits per heavy atom. The highest BCUT2D eigenvalue weighted by Crippen LogP contribution is 2.20. The zero-order valence-electron chi connectivity index (χ0n) is 12.0. The minimum atomic E-state index is -0.417. The summed E-state index contributed by atoms with van der Waals surface area (Å²) in [6.45, 7) is 4.38. The van der Waals surface area contributed by atoms with E-state index < -0.39 is 6.04 Å². The Labute approximate surface area is 137 Å². The Bertz CT molecular complexity index is 454. The second kappa shape index (κ2) is 9.07. The van der Waals surface area contributed by atoms with E-state index in [0.29, 0.717) is 38.3 Å². The van der Waals surface area contributed by atoms with Crippen LogP contribution in [0, 0.1) is 5.82 Å². The van der Waals surface area contributed by atoms with Gasteiger partial charge in [-0.25, -0.2) is 4.39 Å². The third-order valence-corrected chi connectivity index (χ3v) is 3.54. The van der Waals surface area contributed by atoms with Crippen LogP contribution in [0.15, 0.2) is 24.3 Å². The quantitative estimate of drug-likeness (QED) is 0.918. The average Bonchev–Trinajstić information content (AvgIpc) is 2.46. The average molecular weight is 338 g/mol. The first-order valence-corrected chi connectivity index (χ1v) is 6.67. The van der Waals surface area contributed by atoms with E-state index in [9.17, 15) is 9.18 Å². The number of para-hydroxylation sites is 1. The molecule has 0 radical (unpaired) electrons. The molecule has 0 unspecified atom stereocenters. The van der Waals surface area contributed by atoms with Gasteiger partial charge in [0.15, 0.2) is 0 Å². The second-order valence-electron chi connectivity index (χ2n) is 4.78. The van der Waals surface area contributed by atoms with Gasteiger partial charge in [-0.3, -0.25) is 4.79 Å². The minimum Gasteiger partial charge on any atom is -0.366 e. The highest BCUT2D eigenvalue weighted by Gasteiger charge is 2.25. The third-order valence-electron chi connectivity index (χ3n) is 3.54. The lowest BCUT2D eigenvalue weighted by atomic mass is 10.2. The number of benzene rings is 1. The normalized spacial score (nSPS) is 15.8. The fourth-order valence-electron chi connectivity index (χ4n) is 2.29. The Balaban J connectivity index is 0.00000200. The van der Waals surface area contributed by atoms with Crippen LogP contribution in [0.25, 0.3) is 0 Å². The maximum atomic E-state index is 13.7. The number of anilines is 1. The molecule has 0 saturated carbocycles. The van der Waals surface area contributed by atoms with Gasteiger partial charge in [0.2, 0.25) is 5.91 Å². The summed E-state index contributed by atoms with van der Waals surface area (Å²) >= 11 is 0. The molecular weight excluding hydrogens is 316 g/mol. The molecule has 7 heteroatoms. The summed E-state index contributed by atoms with van der Waals surface area (Å²) in [7, 11) is 0. The third kappa shape index (κ3) is 4.73. The zero-order valence-corrected chi connectivity index (χ0v) is 13.6. The van der Waals surface area contributed by atoms with E-state index >= 15 is 0 Å². The molecule has 21 heavy (non-hydrogen) atoms. The van der Waals surface area contributed by atoms with Crippen LogP contribution in [-0.2, 0) is 4.79 Å². The van der Waals surface area contributed by atoms with Gasteiger partial charge in [0, 0.05) is 26.2 Å². The largest absolute Gasteiger partial charge is 0.366 e. The van der Waals surface area contributed by atoms with Gasteiger partial charge in [-0.2, -0.15) is 0 Å². The Morgan fingerprint density at radius 3 is 2.33 bits per heavy atom. The number of amides is 1. The van der Waals surface area contributed by atoms with E-state index in [1.807, 2.05) is 17.9 Å². The number of nitrogens with zero attached hydrogens (tertiary/aromatic N) is 2. The first kappa shape index (κ1) is 20.0. The zero-order chi connectivity index (χ0) is 13.8. The van der Waals surface area contributed by atoms with Crippen molar-refractivity contribution in [3.05, 3.63) is 30.1 Å². The summed E-state index contributed by atoms with van der Waals surface area (Å²) < 4.78 is 13.7. The molecule has 1 amide bonds. The Hall–Kier alpha value is -1.04. The number of nitrogens with two attached hydrogens (primary N) is 1. The molecule has 1 saturated heterocycles. The molecule has 0 spiro atoms.